The molecule has 0 spiro atoms. The van der Waals surface area contributed by atoms with Crippen LogP contribution in [0.25, 0.3) is 11.0 Å². The number of nitrogens with two attached hydrogens (primary N) is 2. The Morgan fingerprint density at radius 3 is 2.49 bits per heavy atom. The van der Waals surface area contributed by atoms with Crippen LogP contribution in [0.4, 0.5) is 10.3 Å². The van der Waals surface area contributed by atoms with Gasteiger partial charge in [0.2, 0.25) is 5.95 Å². The molecule has 194 valence electrons. The highest BCUT2D eigenvalue weighted by Gasteiger charge is 2.55. The Hall–Kier alpha value is -2.00. The van der Waals surface area contributed by atoms with Gasteiger partial charge in [0.25, 0.3) is 5.56 Å². The average molecular weight is 563 g/mol. The van der Waals surface area contributed by atoms with Gasteiger partial charge in [-0.15, -0.1) is 6.42 Å². The van der Waals surface area contributed by atoms with Crippen molar-refractivity contribution in [3.8, 4) is 12.3 Å². The predicted molar refractivity (Wildman–Crippen MR) is 110 cm³/mol. The summed E-state index contributed by atoms with van der Waals surface area (Å²) in [4.78, 5) is 53.8. The van der Waals surface area contributed by atoms with Crippen LogP contribution in [0.15, 0.2) is 11.0 Å². The monoisotopic (exact) mass is 563 g/mol. The molecule has 0 amide bonds. The number of ether oxygens (including phenoxy) is 1. The quantitative estimate of drug-likeness (QED) is 0.132. The molecule has 0 radical (unpaired) electrons. The summed E-state index contributed by atoms with van der Waals surface area (Å²) in [5.74, 6) is 0.548. The number of rotatable bonds is 8. The van der Waals surface area contributed by atoms with Crippen LogP contribution >= 0.6 is 23.5 Å². The third kappa shape index (κ3) is 5.71. The number of hydrogen-bond acceptors (Lipinski definition) is 12. The van der Waals surface area contributed by atoms with E-state index in [1.807, 2.05) is 5.92 Å². The lowest BCUT2D eigenvalue weighted by Gasteiger charge is -2.27. The fourth-order valence-corrected chi connectivity index (χ4v) is 6.20. The Balaban J connectivity index is 1.87. The average Bonchev–Trinajstić information content (AvgIpc) is 3.12. The van der Waals surface area contributed by atoms with E-state index in [0.29, 0.717) is 0 Å². The Bertz CT molecular complexity index is 1400. The van der Waals surface area contributed by atoms with Gasteiger partial charge in [0.1, 0.15) is 17.6 Å². The number of H-pyrrole nitrogens is 1. The summed E-state index contributed by atoms with van der Waals surface area (Å²) in [6, 6.07) is 0. The smallest absolute Gasteiger partial charge is 0.387 e. The maximum Gasteiger partial charge on any atom is 0.490 e. The summed E-state index contributed by atoms with van der Waals surface area (Å²) in [5, 5.41) is 10.0. The van der Waals surface area contributed by atoms with Gasteiger partial charge in [0.05, 0.1) is 6.61 Å². The second kappa shape index (κ2) is 9.14. The lowest BCUT2D eigenvalue weighted by Crippen LogP contribution is -2.53. The molecule has 0 aliphatic carbocycles. The number of terminal acetylenes is 1. The molecule has 1 aliphatic heterocycles. The Morgan fingerprint density at radius 2 is 1.91 bits per heavy atom. The maximum absolute atomic E-state index is 14.4. The van der Waals surface area contributed by atoms with E-state index in [4.69, 9.17) is 32.4 Å². The molecular weight excluding hydrogens is 546 g/mol. The van der Waals surface area contributed by atoms with Crippen LogP contribution in [-0.4, -0.2) is 63.6 Å². The zero-order valence-corrected chi connectivity index (χ0v) is 19.5. The molecule has 18 nitrogen and oxygen atoms in total. The fourth-order valence-electron chi connectivity index (χ4n) is 3.17. The van der Waals surface area contributed by atoms with Crippen molar-refractivity contribution in [1.29, 1.82) is 0 Å². The number of halogens is 1. The Kier molecular flexibility index (Phi) is 7.20. The second-order valence-electron chi connectivity index (χ2n) is 6.97. The van der Waals surface area contributed by atoms with Crippen molar-refractivity contribution in [2.75, 3.05) is 12.3 Å². The summed E-state index contributed by atoms with van der Waals surface area (Å²) in [6.07, 6.45) is 0.919. The number of aromatic nitrogens is 3. The molecule has 0 bridgehead atoms. The largest absolute Gasteiger partial charge is 0.490 e. The minimum atomic E-state index is -5.80. The molecule has 0 saturated carbocycles. The number of aliphatic hydroxyl groups is 1. The first-order chi connectivity index (χ1) is 15.9. The molecule has 3 heterocycles. The molecule has 1 fully saturated rings. The first-order valence-corrected chi connectivity index (χ1v) is 13.4. The molecule has 1 saturated heterocycles. The third-order valence-corrected chi connectivity index (χ3v) is 8.33. The fraction of sp³-hybridized carbons (Fsp3) is 0.385. The standard InChI is InChI=1S/C13H17FN5O13P3/c1-2-13(16)8(20)6(4-29-34(25,26)32-35(27,28)31-33(22,23)24)30-11(13)19-3-5(14)7-9(19)17-12(15)18-10(7)21/h1,3,6,8,11,20H,4,16H2,(H,25,26)(H,27,28)(H2,22,23,24)(H3,15,17,18,21)/t6-,8+,11-,13?/m1/s1. The molecule has 3 rings (SSSR count). The van der Waals surface area contributed by atoms with Gasteiger partial charge in [-0.1, -0.05) is 5.92 Å². The summed E-state index contributed by atoms with van der Waals surface area (Å²) < 4.78 is 66.3. The number of hydrogen-bond donors (Lipinski definition) is 8. The molecule has 6 atom stereocenters. The molecule has 3 unspecified atom stereocenters. The predicted octanol–water partition coefficient (Wildman–Crippen LogP) is -1.62. The number of phosphoric acid groups is 3. The van der Waals surface area contributed by atoms with Crippen molar-refractivity contribution >= 4 is 40.4 Å². The lowest BCUT2D eigenvalue weighted by molar-refractivity contribution is -0.0437. The van der Waals surface area contributed by atoms with Crippen LogP contribution in [0.5, 0.6) is 0 Å². The number of nitrogens with zero attached hydrogens (tertiary/aromatic N) is 2. The van der Waals surface area contributed by atoms with E-state index in [9.17, 15) is 37.8 Å². The number of nitrogens with one attached hydrogen (secondary N) is 1. The number of aromatic amines is 1. The highest BCUT2D eigenvalue weighted by molar-refractivity contribution is 7.66. The molecule has 35 heavy (non-hydrogen) atoms. The zero-order chi connectivity index (χ0) is 26.6. The van der Waals surface area contributed by atoms with E-state index in [-0.39, 0.29) is 5.65 Å². The van der Waals surface area contributed by atoms with Crippen molar-refractivity contribution in [2.24, 2.45) is 5.73 Å². The highest BCUT2D eigenvalue weighted by atomic mass is 31.3. The highest BCUT2D eigenvalue weighted by Crippen LogP contribution is 2.66. The minimum Gasteiger partial charge on any atom is -0.387 e. The lowest BCUT2D eigenvalue weighted by atomic mass is 9.92. The van der Waals surface area contributed by atoms with E-state index < -0.39 is 76.8 Å². The summed E-state index contributed by atoms with van der Waals surface area (Å²) in [7, 11) is -17.0. The van der Waals surface area contributed by atoms with Crippen LogP contribution < -0.4 is 17.0 Å². The molecular formula is C13H17FN5O13P3. The van der Waals surface area contributed by atoms with Gasteiger partial charge in [-0.2, -0.15) is 13.6 Å². The van der Waals surface area contributed by atoms with Crippen molar-refractivity contribution < 1.29 is 60.6 Å². The number of fused-ring (bicyclic) bond motifs is 1. The van der Waals surface area contributed by atoms with Crippen LogP contribution in [0.3, 0.4) is 0 Å². The van der Waals surface area contributed by atoms with Crippen molar-refractivity contribution in [1.82, 2.24) is 14.5 Å². The van der Waals surface area contributed by atoms with Gasteiger partial charge in [0, 0.05) is 6.20 Å². The molecule has 10 N–H and O–H groups in total. The van der Waals surface area contributed by atoms with Crippen LogP contribution in [0.2, 0.25) is 0 Å². The van der Waals surface area contributed by atoms with E-state index in [2.05, 4.69) is 23.1 Å². The minimum absolute atomic E-state index is 0.375. The van der Waals surface area contributed by atoms with Gasteiger partial charge in [-0.3, -0.25) is 18.9 Å². The molecule has 0 aromatic carbocycles. The second-order valence-corrected chi connectivity index (χ2v) is 11.4. The van der Waals surface area contributed by atoms with Crippen LogP contribution in [-0.2, 0) is 31.6 Å². The maximum atomic E-state index is 14.4. The SMILES string of the molecule is C#CC1(N)[C@@H](O)[C@@H](COP(=O)(O)OP(=O)(O)OP(=O)(O)O)O[C@H]1n1cc(F)c2c(=O)[nH]c(N)nc21. The number of nitrogen functional groups attached to an aromatic ring is 1. The third-order valence-electron chi connectivity index (χ3n) is 4.53. The van der Waals surface area contributed by atoms with Gasteiger partial charge in [-0.05, 0) is 0 Å². The summed E-state index contributed by atoms with van der Waals surface area (Å²) in [6.45, 7) is -1.11. The van der Waals surface area contributed by atoms with Crippen molar-refractivity contribution in [3.63, 3.8) is 0 Å². The van der Waals surface area contributed by atoms with E-state index >= 15 is 0 Å². The summed E-state index contributed by atoms with van der Waals surface area (Å²) >= 11 is 0. The number of aliphatic hydroxyl groups excluding tert-OH is 1. The molecule has 2 aromatic heterocycles. The van der Waals surface area contributed by atoms with E-state index in [1.165, 1.54) is 0 Å². The molecule has 22 heteroatoms. The van der Waals surface area contributed by atoms with Gasteiger partial charge in [0.15, 0.2) is 23.2 Å². The van der Waals surface area contributed by atoms with Gasteiger partial charge >= 0.3 is 23.5 Å². The zero-order valence-electron chi connectivity index (χ0n) is 16.9. The first-order valence-electron chi connectivity index (χ1n) is 8.83. The number of anilines is 1. The van der Waals surface area contributed by atoms with Crippen LogP contribution in [0.1, 0.15) is 6.23 Å². The van der Waals surface area contributed by atoms with Crippen molar-refractivity contribution in [3.05, 3.63) is 22.4 Å². The topological polar surface area (TPSA) is 292 Å². The van der Waals surface area contributed by atoms with Crippen LogP contribution in [0, 0.1) is 18.2 Å². The van der Waals surface area contributed by atoms with E-state index in [1.54, 1.807) is 0 Å². The number of phosphoric ester groups is 1. The van der Waals surface area contributed by atoms with Gasteiger partial charge < -0.3 is 40.9 Å². The first kappa shape index (κ1) is 27.6. The van der Waals surface area contributed by atoms with Gasteiger partial charge in [-0.25, -0.2) is 18.1 Å². The molecule has 1 aliphatic rings. The summed E-state index contributed by atoms with van der Waals surface area (Å²) in [5.41, 5.74) is 8.02. The normalized spacial score (nSPS) is 28.5. The van der Waals surface area contributed by atoms with Crippen molar-refractivity contribution in [2.45, 2.75) is 24.0 Å². The Labute approximate surface area is 193 Å². The molecule has 2 aromatic rings. The van der Waals surface area contributed by atoms with E-state index in [0.717, 1.165) is 10.8 Å². The Morgan fingerprint density at radius 1 is 1.29 bits per heavy atom.